The molecule has 3 rings (SSSR count). The lowest BCUT2D eigenvalue weighted by molar-refractivity contribution is -0.111. The molecule has 0 aliphatic heterocycles. The highest BCUT2D eigenvalue weighted by Crippen LogP contribution is 2.46. The lowest BCUT2D eigenvalue weighted by Gasteiger charge is -2.37. The van der Waals surface area contributed by atoms with Gasteiger partial charge in [-0.05, 0) is 83.1 Å². The molecule has 1 atom stereocenters. The van der Waals surface area contributed by atoms with Gasteiger partial charge in [0.1, 0.15) is 11.9 Å². The van der Waals surface area contributed by atoms with Crippen LogP contribution in [0.25, 0.3) is 0 Å². The zero-order valence-electron chi connectivity index (χ0n) is 25.1. The molecule has 0 bridgehead atoms. The second-order valence-corrected chi connectivity index (χ2v) is 12.1. The van der Waals surface area contributed by atoms with Gasteiger partial charge in [0.25, 0.3) is 0 Å². The molecule has 1 amide bonds. The lowest BCUT2D eigenvalue weighted by atomic mass is 9.68. The fraction of sp³-hybridized carbons (Fsp3) is 0.382. The SMILES string of the molecule is CC1=C(/C=C/C(C)=C/C=C/C(C)=C\C(=O)Nc2ccccc2)C(C)(C)CCC1c1cn(C(=O)OC(C)(C)C)cn1. The summed E-state index contributed by atoms with van der Waals surface area (Å²) in [5.74, 6) is -0.00302. The maximum Gasteiger partial charge on any atom is 0.419 e. The summed E-state index contributed by atoms with van der Waals surface area (Å²) in [4.78, 5) is 29.3. The zero-order valence-corrected chi connectivity index (χ0v) is 25.1. The fourth-order valence-corrected chi connectivity index (χ4v) is 4.81. The molecule has 1 aliphatic rings. The molecule has 0 radical (unpaired) electrons. The van der Waals surface area contributed by atoms with Gasteiger partial charge in [0.2, 0.25) is 5.91 Å². The second-order valence-electron chi connectivity index (χ2n) is 12.1. The van der Waals surface area contributed by atoms with Crippen molar-refractivity contribution >= 4 is 17.7 Å². The standard InChI is InChI=1S/C34H43N3O3/c1-24(13-12-14-25(2)21-31(38)36-27-15-10-9-11-16-27)17-18-29-26(3)28(19-20-34(29,7)8)30-22-37(23-35-30)32(39)40-33(4,5)6/h9-18,21-23,28H,19-20H2,1-8H3,(H,36,38)/b14-12+,18-17+,24-13+,25-21-. The molecule has 1 aromatic heterocycles. The molecule has 1 aromatic carbocycles. The van der Waals surface area contributed by atoms with Crippen LogP contribution < -0.4 is 5.32 Å². The molecule has 1 heterocycles. The molecule has 40 heavy (non-hydrogen) atoms. The number of para-hydroxylation sites is 1. The molecule has 2 aromatic rings. The van der Waals surface area contributed by atoms with Gasteiger partial charge in [-0.2, -0.15) is 0 Å². The van der Waals surface area contributed by atoms with E-state index in [4.69, 9.17) is 4.74 Å². The monoisotopic (exact) mass is 541 g/mol. The number of imidazole rings is 1. The number of hydrogen-bond donors (Lipinski definition) is 1. The van der Waals surface area contributed by atoms with E-state index in [1.807, 2.05) is 76.3 Å². The van der Waals surface area contributed by atoms with Crippen molar-refractivity contribution in [3.05, 3.63) is 107 Å². The average Bonchev–Trinajstić information content (AvgIpc) is 3.33. The van der Waals surface area contributed by atoms with E-state index in [1.165, 1.54) is 15.7 Å². The van der Waals surface area contributed by atoms with Gasteiger partial charge < -0.3 is 10.1 Å². The number of rotatable bonds is 7. The summed E-state index contributed by atoms with van der Waals surface area (Å²) in [7, 11) is 0. The van der Waals surface area contributed by atoms with Crippen LogP contribution >= 0.6 is 0 Å². The number of nitrogens with zero attached hydrogens (tertiary/aromatic N) is 2. The predicted octanol–water partition coefficient (Wildman–Crippen LogP) is 8.53. The summed E-state index contributed by atoms with van der Waals surface area (Å²) < 4.78 is 6.92. The first-order chi connectivity index (χ1) is 18.7. The molecule has 212 valence electrons. The van der Waals surface area contributed by atoms with Crippen LogP contribution in [0.4, 0.5) is 10.5 Å². The number of nitrogens with one attached hydrogen (secondary N) is 1. The van der Waals surface area contributed by atoms with E-state index in [0.717, 1.165) is 35.4 Å². The Morgan fingerprint density at radius 1 is 1.10 bits per heavy atom. The summed E-state index contributed by atoms with van der Waals surface area (Å²) in [5.41, 5.74) is 5.67. The topological polar surface area (TPSA) is 73.2 Å². The van der Waals surface area contributed by atoms with Gasteiger partial charge in [-0.1, -0.05) is 73.6 Å². The summed E-state index contributed by atoms with van der Waals surface area (Å²) >= 11 is 0. The van der Waals surface area contributed by atoms with Crippen LogP contribution in [0.15, 0.2) is 102 Å². The molecular formula is C34H43N3O3. The Bertz CT molecular complexity index is 1360. The normalized spacial score (nSPS) is 18.4. The fourth-order valence-electron chi connectivity index (χ4n) is 4.81. The third-order valence-electron chi connectivity index (χ3n) is 6.93. The van der Waals surface area contributed by atoms with E-state index >= 15 is 0 Å². The molecule has 6 nitrogen and oxygen atoms in total. The molecule has 0 saturated carbocycles. The predicted molar refractivity (Wildman–Crippen MR) is 163 cm³/mol. The van der Waals surface area contributed by atoms with Crippen LogP contribution in [0.2, 0.25) is 0 Å². The Balaban J connectivity index is 1.71. The first-order valence-corrected chi connectivity index (χ1v) is 13.8. The van der Waals surface area contributed by atoms with Crippen molar-refractivity contribution in [2.75, 3.05) is 5.32 Å². The minimum absolute atomic E-state index is 0.0341. The molecule has 1 N–H and O–H groups in total. The number of aromatic nitrogens is 2. The lowest BCUT2D eigenvalue weighted by Crippen LogP contribution is -2.26. The maximum absolute atomic E-state index is 12.5. The van der Waals surface area contributed by atoms with Gasteiger partial charge in [0.15, 0.2) is 0 Å². The van der Waals surface area contributed by atoms with Crippen LogP contribution in [0.1, 0.15) is 79.8 Å². The van der Waals surface area contributed by atoms with Crippen LogP contribution in [0.3, 0.4) is 0 Å². The summed E-state index contributed by atoms with van der Waals surface area (Å²) in [6.45, 7) is 16.3. The minimum Gasteiger partial charge on any atom is -0.443 e. The Kier molecular flexibility index (Phi) is 9.91. The number of ether oxygens (including phenoxy) is 1. The van der Waals surface area contributed by atoms with E-state index in [-0.39, 0.29) is 17.2 Å². The smallest absolute Gasteiger partial charge is 0.419 e. The Hall–Kier alpha value is -3.93. The van der Waals surface area contributed by atoms with Gasteiger partial charge in [-0.15, -0.1) is 0 Å². The van der Waals surface area contributed by atoms with Crippen molar-refractivity contribution in [3.63, 3.8) is 0 Å². The minimum atomic E-state index is -0.559. The number of allylic oxidation sites excluding steroid dienone is 9. The highest BCUT2D eigenvalue weighted by Gasteiger charge is 2.33. The quantitative estimate of drug-likeness (QED) is 0.282. The van der Waals surface area contributed by atoms with Crippen molar-refractivity contribution in [2.45, 2.75) is 79.8 Å². The van der Waals surface area contributed by atoms with Crippen LogP contribution in [-0.4, -0.2) is 27.2 Å². The van der Waals surface area contributed by atoms with Gasteiger partial charge in [0.05, 0.1) is 5.69 Å². The number of hydrogen-bond acceptors (Lipinski definition) is 4. The van der Waals surface area contributed by atoms with Crippen molar-refractivity contribution in [2.24, 2.45) is 5.41 Å². The van der Waals surface area contributed by atoms with E-state index in [0.29, 0.717) is 0 Å². The van der Waals surface area contributed by atoms with Crippen LogP contribution in [-0.2, 0) is 9.53 Å². The zero-order chi connectivity index (χ0) is 29.5. The van der Waals surface area contributed by atoms with E-state index < -0.39 is 11.7 Å². The van der Waals surface area contributed by atoms with Gasteiger partial charge in [-0.25, -0.2) is 14.3 Å². The molecule has 0 spiro atoms. The van der Waals surface area contributed by atoms with Crippen molar-refractivity contribution < 1.29 is 14.3 Å². The second kappa shape index (κ2) is 12.9. The highest BCUT2D eigenvalue weighted by molar-refractivity contribution is 5.99. The summed E-state index contributed by atoms with van der Waals surface area (Å²) in [5, 5.41) is 2.86. The van der Waals surface area contributed by atoms with E-state index in [1.54, 1.807) is 18.6 Å². The van der Waals surface area contributed by atoms with Crippen molar-refractivity contribution in [3.8, 4) is 0 Å². The summed E-state index contributed by atoms with van der Waals surface area (Å²) in [6.07, 6.45) is 16.8. The van der Waals surface area contributed by atoms with E-state index in [2.05, 4.69) is 50.1 Å². The number of benzene rings is 1. The Labute approximate surface area is 239 Å². The number of carbonyl (C=O) groups excluding carboxylic acids is 2. The molecule has 1 unspecified atom stereocenters. The molecule has 6 heteroatoms. The van der Waals surface area contributed by atoms with Crippen molar-refractivity contribution in [1.82, 2.24) is 9.55 Å². The first-order valence-electron chi connectivity index (χ1n) is 13.8. The summed E-state index contributed by atoms with van der Waals surface area (Å²) in [6, 6.07) is 9.41. The molecule has 0 saturated heterocycles. The highest BCUT2D eigenvalue weighted by atomic mass is 16.6. The third kappa shape index (κ3) is 8.80. The molecular weight excluding hydrogens is 498 g/mol. The first kappa shape index (κ1) is 30.6. The third-order valence-corrected chi connectivity index (χ3v) is 6.93. The number of amides is 1. The van der Waals surface area contributed by atoms with Crippen molar-refractivity contribution in [1.29, 1.82) is 0 Å². The van der Waals surface area contributed by atoms with Crippen LogP contribution in [0.5, 0.6) is 0 Å². The van der Waals surface area contributed by atoms with Crippen LogP contribution in [0, 0.1) is 5.41 Å². The average molecular weight is 542 g/mol. The number of carbonyl (C=O) groups is 2. The Morgan fingerprint density at radius 3 is 2.48 bits per heavy atom. The molecule has 0 fully saturated rings. The maximum atomic E-state index is 12.5. The van der Waals surface area contributed by atoms with Gasteiger partial charge in [-0.3, -0.25) is 4.79 Å². The van der Waals surface area contributed by atoms with Gasteiger partial charge >= 0.3 is 6.09 Å². The largest absolute Gasteiger partial charge is 0.443 e. The molecule has 1 aliphatic carbocycles. The Morgan fingerprint density at radius 2 is 1.80 bits per heavy atom. The van der Waals surface area contributed by atoms with Gasteiger partial charge in [0, 0.05) is 23.9 Å². The number of anilines is 1. The van der Waals surface area contributed by atoms with E-state index in [9.17, 15) is 9.59 Å².